The van der Waals surface area contributed by atoms with E-state index >= 15 is 0 Å². The molecule has 2 aliphatic rings. The Bertz CT molecular complexity index is 926. The van der Waals surface area contributed by atoms with Gasteiger partial charge < -0.3 is 14.6 Å². The number of fused-ring (bicyclic) bond motifs is 2. The van der Waals surface area contributed by atoms with Crippen molar-refractivity contribution in [2.45, 2.75) is 31.5 Å². The minimum absolute atomic E-state index is 0.0116. The Kier molecular flexibility index (Phi) is 4.66. The molecular weight excluding hydrogens is 370 g/mol. The summed E-state index contributed by atoms with van der Waals surface area (Å²) in [6.07, 6.45) is 6.09. The van der Waals surface area contributed by atoms with Crippen molar-refractivity contribution in [1.82, 2.24) is 24.8 Å². The van der Waals surface area contributed by atoms with E-state index in [0.29, 0.717) is 0 Å². The fraction of sp³-hybridized carbons (Fsp3) is 0.429. The van der Waals surface area contributed by atoms with E-state index in [1.54, 1.807) is 18.4 Å². The minimum atomic E-state index is -0.0116. The van der Waals surface area contributed by atoms with Gasteiger partial charge in [0.2, 0.25) is 0 Å². The van der Waals surface area contributed by atoms with E-state index in [-0.39, 0.29) is 5.54 Å². The van der Waals surface area contributed by atoms with Crippen LogP contribution in [0.2, 0.25) is 0 Å². The highest BCUT2D eigenvalue weighted by Crippen LogP contribution is 2.37. The fourth-order valence-electron chi connectivity index (χ4n) is 4.48. The van der Waals surface area contributed by atoms with Crippen LogP contribution in [0.3, 0.4) is 0 Å². The summed E-state index contributed by atoms with van der Waals surface area (Å²) in [5.74, 6) is 2.08. The molecule has 1 saturated heterocycles. The molecule has 0 unspecified atom stereocenters. The van der Waals surface area contributed by atoms with Crippen molar-refractivity contribution in [2.75, 3.05) is 26.7 Å². The van der Waals surface area contributed by atoms with Gasteiger partial charge in [-0.2, -0.15) is 0 Å². The molecule has 1 N–H and O–H groups in total. The number of rotatable bonds is 4. The van der Waals surface area contributed by atoms with Crippen molar-refractivity contribution >= 4 is 11.3 Å². The number of methoxy groups -OCH3 is 1. The zero-order valence-corrected chi connectivity index (χ0v) is 16.9. The third-order valence-electron chi connectivity index (χ3n) is 6.02. The van der Waals surface area contributed by atoms with Gasteiger partial charge in [0.05, 0.1) is 31.1 Å². The number of nitrogens with one attached hydrogen (secondary N) is 1. The van der Waals surface area contributed by atoms with Gasteiger partial charge in [0.15, 0.2) is 0 Å². The molecule has 2 aromatic heterocycles. The number of thiazole rings is 1. The molecule has 1 aromatic carbocycles. The van der Waals surface area contributed by atoms with Crippen molar-refractivity contribution in [3.8, 4) is 17.0 Å². The fourth-order valence-corrected chi connectivity index (χ4v) is 5.14. The van der Waals surface area contributed by atoms with Gasteiger partial charge in [-0.3, -0.25) is 4.90 Å². The number of benzene rings is 1. The van der Waals surface area contributed by atoms with E-state index in [2.05, 4.69) is 37.3 Å². The van der Waals surface area contributed by atoms with E-state index in [1.807, 2.05) is 24.5 Å². The number of ether oxygens (including phenoxy) is 1. The molecule has 2 aliphatic heterocycles. The molecule has 0 radical (unpaired) electrons. The molecule has 0 atom stereocenters. The van der Waals surface area contributed by atoms with Crippen LogP contribution in [0.4, 0.5) is 0 Å². The van der Waals surface area contributed by atoms with Gasteiger partial charge in [-0.25, -0.2) is 9.97 Å². The maximum atomic E-state index is 5.30. The number of imidazole rings is 1. The lowest BCUT2D eigenvalue weighted by Gasteiger charge is -2.44. The first kappa shape index (κ1) is 17.8. The zero-order chi connectivity index (χ0) is 19.0. The highest BCUT2D eigenvalue weighted by atomic mass is 32.1. The van der Waals surface area contributed by atoms with Crippen LogP contribution in [0.15, 0.2) is 42.0 Å². The second-order valence-electron chi connectivity index (χ2n) is 7.56. The van der Waals surface area contributed by atoms with E-state index in [4.69, 9.17) is 9.72 Å². The highest BCUT2D eigenvalue weighted by molar-refractivity contribution is 7.09. The van der Waals surface area contributed by atoms with Crippen LogP contribution in [0.1, 0.15) is 23.7 Å². The Hall–Kier alpha value is -2.22. The number of hydrogen-bond acceptors (Lipinski definition) is 6. The summed E-state index contributed by atoms with van der Waals surface area (Å²) in [7, 11) is 1.70. The maximum Gasteiger partial charge on any atom is 0.129 e. The van der Waals surface area contributed by atoms with Crippen molar-refractivity contribution in [1.29, 1.82) is 0 Å². The zero-order valence-electron chi connectivity index (χ0n) is 16.1. The van der Waals surface area contributed by atoms with E-state index in [9.17, 15) is 0 Å². The highest BCUT2D eigenvalue weighted by Gasteiger charge is 2.42. The quantitative estimate of drug-likeness (QED) is 0.736. The van der Waals surface area contributed by atoms with Crippen LogP contribution in [0.25, 0.3) is 11.3 Å². The van der Waals surface area contributed by atoms with Crippen LogP contribution in [-0.4, -0.2) is 46.2 Å². The van der Waals surface area contributed by atoms with Crippen LogP contribution >= 0.6 is 11.3 Å². The van der Waals surface area contributed by atoms with E-state index in [1.165, 1.54) is 22.1 Å². The van der Waals surface area contributed by atoms with Gasteiger partial charge >= 0.3 is 0 Å². The maximum absolute atomic E-state index is 5.30. The molecule has 0 bridgehead atoms. The van der Waals surface area contributed by atoms with Crippen LogP contribution in [0.5, 0.6) is 5.75 Å². The summed E-state index contributed by atoms with van der Waals surface area (Å²) in [5.41, 5.74) is 2.38. The lowest BCUT2D eigenvalue weighted by atomic mass is 9.85. The molecule has 0 amide bonds. The molecule has 7 heteroatoms. The predicted octanol–water partition coefficient (Wildman–Crippen LogP) is 3.11. The lowest BCUT2D eigenvalue weighted by Crippen LogP contribution is -2.55. The first-order chi connectivity index (χ1) is 13.8. The van der Waals surface area contributed by atoms with Crippen LogP contribution in [0, 0.1) is 0 Å². The van der Waals surface area contributed by atoms with Crippen molar-refractivity contribution < 1.29 is 4.74 Å². The SMILES string of the molecule is COc1ccc(-c2cnc3n2CCNC32CCN(Cc3nccs3)CC2)cc1. The first-order valence-electron chi connectivity index (χ1n) is 9.84. The van der Waals surface area contributed by atoms with Gasteiger partial charge in [-0.1, -0.05) is 0 Å². The average Bonchev–Trinajstić information content (AvgIpc) is 3.41. The topological polar surface area (TPSA) is 55.2 Å². The van der Waals surface area contributed by atoms with Gasteiger partial charge in [-0.15, -0.1) is 11.3 Å². The predicted molar refractivity (Wildman–Crippen MR) is 111 cm³/mol. The second kappa shape index (κ2) is 7.31. The van der Waals surface area contributed by atoms with Gasteiger partial charge in [0.1, 0.15) is 16.6 Å². The Morgan fingerprint density at radius 1 is 1.14 bits per heavy atom. The molecule has 146 valence electrons. The Labute approximate surface area is 169 Å². The molecule has 3 aromatic rings. The number of nitrogens with zero attached hydrogens (tertiary/aromatic N) is 4. The Morgan fingerprint density at radius 3 is 2.68 bits per heavy atom. The summed E-state index contributed by atoms with van der Waals surface area (Å²) in [5, 5.41) is 7.07. The minimum Gasteiger partial charge on any atom is -0.497 e. The number of aromatic nitrogens is 3. The van der Waals surface area contributed by atoms with Crippen LogP contribution < -0.4 is 10.1 Å². The summed E-state index contributed by atoms with van der Waals surface area (Å²) in [4.78, 5) is 11.8. The smallest absolute Gasteiger partial charge is 0.129 e. The monoisotopic (exact) mass is 395 g/mol. The van der Waals surface area contributed by atoms with Crippen molar-refractivity contribution in [3.05, 3.63) is 52.9 Å². The normalized spacial score (nSPS) is 18.9. The Balaban J connectivity index is 1.37. The molecular formula is C21H25N5OS. The standard InChI is InChI=1S/C21H25N5OS/c1-27-17-4-2-16(3-5-17)18-14-23-20-21(24-8-12-26(18)20)6-10-25(11-7-21)15-19-22-9-13-28-19/h2-5,9,13-14,24H,6-8,10-12,15H2,1H3. The molecule has 0 aliphatic carbocycles. The van der Waals surface area contributed by atoms with E-state index < -0.39 is 0 Å². The van der Waals surface area contributed by atoms with Crippen molar-refractivity contribution in [2.24, 2.45) is 0 Å². The molecule has 1 fully saturated rings. The third-order valence-corrected chi connectivity index (χ3v) is 6.78. The van der Waals surface area contributed by atoms with Gasteiger partial charge in [0.25, 0.3) is 0 Å². The largest absolute Gasteiger partial charge is 0.497 e. The number of piperidine rings is 1. The second-order valence-corrected chi connectivity index (χ2v) is 8.54. The van der Waals surface area contributed by atoms with Crippen LogP contribution in [-0.2, 0) is 18.6 Å². The first-order valence-corrected chi connectivity index (χ1v) is 10.7. The summed E-state index contributed by atoms with van der Waals surface area (Å²) >= 11 is 1.74. The number of hydrogen-bond donors (Lipinski definition) is 1. The molecule has 28 heavy (non-hydrogen) atoms. The lowest BCUT2D eigenvalue weighted by molar-refractivity contribution is 0.109. The summed E-state index contributed by atoms with van der Waals surface area (Å²) in [6, 6.07) is 8.27. The molecule has 6 nitrogen and oxygen atoms in total. The summed E-state index contributed by atoms with van der Waals surface area (Å²) < 4.78 is 7.71. The number of likely N-dealkylation sites (tertiary alicyclic amines) is 1. The summed E-state index contributed by atoms with van der Waals surface area (Å²) in [6.45, 7) is 5.04. The molecule has 5 rings (SSSR count). The molecule has 4 heterocycles. The Morgan fingerprint density at radius 2 is 1.96 bits per heavy atom. The third kappa shape index (κ3) is 3.13. The molecule has 0 saturated carbocycles. The van der Waals surface area contributed by atoms with Gasteiger partial charge in [-0.05, 0) is 37.1 Å². The van der Waals surface area contributed by atoms with Crippen molar-refractivity contribution in [3.63, 3.8) is 0 Å². The van der Waals surface area contributed by atoms with Gasteiger partial charge in [0, 0.05) is 43.3 Å². The van der Waals surface area contributed by atoms with E-state index in [0.717, 1.165) is 51.3 Å². The average molecular weight is 396 g/mol. The molecule has 1 spiro atoms.